The van der Waals surface area contributed by atoms with Gasteiger partial charge >= 0.3 is 0 Å². The van der Waals surface area contributed by atoms with Crippen LogP contribution in [0.2, 0.25) is 0 Å². The molecule has 1 saturated heterocycles. The van der Waals surface area contributed by atoms with Gasteiger partial charge in [-0.2, -0.15) is 5.26 Å². The smallest absolute Gasteiger partial charge is 0.120 e. The van der Waals surface area contributed by atoms with Crippen LogP contribution in [-0.4, -0.2) is 48.2 Å². The number of nitrogens with one attached hydrogen (secondary N) is 1. The summed E-state index contributed by atoms with van der Waals surface area (Å²) in [6.45, 7) is 12.9. The highest BCUT2D eigenvalue weighted by molar-refractivity contribution is 5.48. The molecule has 1 aromatic carbocycles. The van der Waals surface area contributed by atoms with Crippen LogP contribution in [0.5, 0.6) is 0 Å². The molecule has 0 radical (unpaired) electrons. The Balaban J connectivity index is 1.40. The number of benzene rings is 1. The lowest BCUT2D eigenvalue weighted by atomic mass is 10.1. The molecule has 3 rings (SSSR count). The maximum absolute atomic E-state index is 9.17. The van der Waals surface area contributed by atoms with Gasteiger partial charge in [-0.15, -0.1) is 0 Å². The Morgan fingerprint density at radius 2 is 1.89 bits per heavy atom. The van der Waals surface area contributed by atoms with E-state index in [1.165, 1.54) is 22.5 Å². The molecule has 0 saturated carbocycles. The third-order valence-corrected chi connectivity index (χ3v) is 6.01. The molecule has 0 unspecified atom stereocenters. The zero-order chi connectivity index (χ0) is 20.1. The standard InChI is InChI=1S/C23H33N5/c1-18-6-5-7-22(14-18)28-12-10-27(11-13-28)9-8-19(2)25-17-21-15-23(16-24)26(4)20(21)3/h5-7,14-15,19,25H,8-13,17H2,1-4H3/t19-/m0/s1. The summed E-state index contributed by atoms with van der Waals surface area (Å²) in [5.74, 6) is 0. The predicted molar refractivity (Wildman–Crippen MR) is 116 cm³/mol. The summed E-state index contributed by atoms with van der Waals surface area (Å²) in [4.78, 5) is 5.07. The van der Waals surface area contributed by atoms with Crippen LogP contribution in [0.4, 0.5) is 5.69 Å². The number of hydrogen-bond acceptors (Lipinski definition) is 4. The molecule has 2 aromatic rings. The summed E-state index contributed by atoms with van der Waals surface area (Å²) < 4.78 is 1.97. The first kappa shape index (κ1) is 20.4. The molecule has 1 aromatic heterocycles. The zero-order valence-electron chi connectivity index (χ0n) is 17.7. The van der Waals surface area contributed by atoms with Crippen LogP contribution in [0, 0.1) is 25.2 Å². The molecule has 0 spiro atoms. The van der Waals surface area contributed by atoms with Crippen LogP contribution < -0.4 is 10.2 Å². The van der Waals surface area contributed by atoms with Gasteiger partial charge in [0.25, 0.3) is 0 Å². The Morgan fingerprint density at radius 3 is 2.54 bits per heavy atom. The summed E-state index contributed by atoms with van der Waals surface area (Å²) in [5.41, 5.74) is 5.80. The normalized spacial score (nSPS) is 16.2. The minimum Gasteiger partial charge on any atom is -0.369 e. The first-order chi connectivity index (χ1) is 13.5. The highest BCUT2D eigenvalue weighted by Crippen LogP contribution is 2.18. The number of aromatic nitrogens is 1. The molecule has 5 nitrogen and oxygen atoms in total. The average molecular weight is 380 g/mol. The third-order valence-electron chi connectivity index (χ3n) is 6.01. The third kappa shape index (κ3) is 4.95. The second kappa shape index (κ2) is 9.27. The van der Waals surface area contributed by atoms with Gasteiger partial charge < -0.3 is 14.8 Å². The van der Waals surface area contributed by atoms with Crippen molar-refractivity contribution < 1.29 is 0 Å². The monoisotopic (exact) mass is 379 g/mol. The van der Waals surface area contributed by atoms with E-state index < -0.39 is 0 Å². The SMILES string of the molecule is Cc1cccc(N2CCN(CC[C@H](C)NCc3cc(C#N)n(C)c3C)CC2)c1. The van der Waals surface area contributed by atoms with Crippen molar-refractivity contribution in [3.8, 4) is 6.07 Å². The Kier molecular flexibility index (Phi) is 6.77. The fourth-order valence-electron chi connectivity index (χ4n) is 3.87. The van der Waals surface area contributed by atoms with Crippen LogP contribution in [0.1, 0.15) is 35.9 Å². The molecular weight excluding hydrogens is 346 g/mol. The van der Waals surface area contributed by atoms with E-state index in [0.717, 1.165) is 51.4 Å². The van der Waals surface area contributed by atoms with Gasteiger partial charge in [0.05, 0.1) is 0 Å². The van der Waals surface area contributed by atoms with Gasteiger partial charge in [0.15, 0.2) is 0 Å². The Bertz CT molecular complexity index is 824. The van der Waals surface area contributed by atoms with Gasteiger partial charge in [-0.3, -0.25) is 4.90 Å². The molecule has 28 heavy (non-hydrogen) atoms. The quantitative estimate of drug-likeness (QED) is 0.802. The van der Waals surface area contributed by atoms with E-state index >= 15 is 0 Å². The van der Waals surface area contributed by atoms with Crippen molar-refractivity contribution in [1.29, 1.82) is 5.26 Å². The number of rotatable bonds is 7. The van der Waals surface area contributed by atoms with Crippen LogP contribution in [-0.2, 0) is 13.6 Å². The van der Waals surface area contributed by atoms with Crippen LogP contribution in [0.15, 0.2) is 30.3 Å². The van der Waals surface area contributed by atoms with Crippen molar-refractivity contribution in [2.75, 3.05) is 37.6 Å². The second-order valence-electron chi connectivity index (χ2n) is 8.05. The largest absolute Gasteiger partial charge is 0.369 e. The van der Waals surface area contributed by atoms with Gasteiger partial charge in [-0.05, 0) is 63.1 Å². The predicted octanol–water partition coefficient (Wildman–Crippen LogP) is 3.20. The molecule has 150 valence electrons. The molecule has 1 aliphatic rings. The van der Waals surface area contributed by atoms with Crippen LogP contribution in [0.25, 0.3) is 0 Å². The average Bonchev–Trinajstić information content (AvgIpc) is 2.99. The Morgan fingerprint density at radius 1 is 1.14 bits per heavy atom. The van der Waals surface area contributed by atoms with Gasteiger partial charge in [-0.25, -0.2) is 0 Å². The number of piperazine rings is 1. The molecule has 0 amide bonds. The van der Waals surface area contributed by atoms with Crippen molar-refractivity contribution in [2.45, 2.75) is 39.8 Å². The van der Waals surface area contributed by atoms with Crippen molar-refractivity contribution in [2.24, 2.45) is 7.05 Å². The number of hydrogen-bond donors (Lipinski definition) is 1. The van der Waals surface area contributed by atoms with E-state index in [4.69, 9.17) is 5.26 Å². The van der Waals surface area contributed by atoms with E-state index in [2.05, 4.69) is 66.2 Å². The molecule has 1 atom stereocenters. The summed E-state index contributed by atoms with van der Waals surface area (Å²) in [6.07, 6.45) is 1.14. The van der Waals surface area contributed by atoms with Crippen molar-refractivity contribution in [1.82, 2.24) is 14.8 Å². The molecule has 5 heteroatoms. The highest BCUT2D eigenvalue weighted by Gasteiger charge is 2.18. The van der Waals surface area contributed by atoms with Crippen molar-refractivity contribution in [3.63, 3.8) is 0 Å². The van der Waals surface area contributed by atoms with E-state index in [0.29, 0.717) is 6.04 Å². The van der Waals surface area contributed by atoms with Gasteiger partial charge in [0.2, 0.25) is 0 Å². The summed E-state index contributed by atoms with van der Waals surface area (Å²) in [6, 6.07) is 13.5. The maximum Gasteiger partial charge on any atom is 0.120 e. The lowest BCUT2D eigenvalue weighted by Crippen LogP contribution is -2.47. The number of aryl methyl sites for hydroxylation is 1. The molecule has 0 bridgehead atoms. The highest BCUT2D eigenvalue weighted by atomic mass is 15.3. The van der Waals surface area contributed by atoms with Crippen molar-refractivity contribution >= 4 is 5.69 Å². The lowest BCUT2D eigenvalue weighted by Gasteiger charge is -2.36. The summed E-state index contributed by atoms with van der Waals surface area (Å²) >= 11 is 0. The van der Waals surface area contributed by atoms with E-state index in [9.17, 15) is 0 Å². The molecule has 1 fully saturated rings. The molecule has 2 heterocycles. The molecule has 0 aliphatic carbocycles. The fourth-order valence-corrected chi connectivity index (χ4v) is 3.87. The van der Waals surface area contributed by atoms with Crippen LogP contribution in [0.3, 0.4) is 0 Å². The van der Waals surface area contributed by atoms with Crippen molar-refractivity contribution in [3.05, 3.63) is 52.8 Å². The minimum absolute atomic E-state index is 0.458. The lowest BCUT2D eigenvalue weighted by molar-refractivity contribution is 0.244. The number of nitriles is 1. The number of anilines is 1. The van der Waals surface area contributed by atoms with Gasteiger partial charge in [-0.1, -0.05) is 12.1 Å². The Labute approximate surface area is 169 Å². The van der Waals surface area contributed by atoms with Crippen LogP contribution >= 0.6 is 0 Å². The fraction of sp³-hybridized carbons (Fsp3) is 0.522. The summed E-state index contributed by atoms with van der Waals surface area (Å²) in [7, 11) is 1.96. The van der Waals surface area contributed by atoms with E-state index in [1.54, 1.807) is 0 Å². The molecule has 1 aliphatic heterocycles. The zero-order valence-corrected chi connectivity index (χ0v) is 17.7. The van der Waals surface area contributed by atoms with Gasteiger partial charge in [0, 0.05) is 57.2 Å². The molecule has 1 N–H and O–H groups in total. The first-order valence-electron chi connectivity index (χ1n) is 10.3. The molecular formula is C23H33N5. The number of nitrogens with zero attached hydrogens (tertiary/aromatic N) is 4. The minimum atomic E-state index is 0.458. The Hall–Kier alpha value is -2.29. The van der Waals surface area contributed by atoms with E-state index in [1.807, 2.05) is 17.7 Å². The summed E-state index contributed by atoms with van der Waals surface area (Å²) in [5, 5.41) is 12.8. The van der Waals surface area contributed by atoms with E-state index in [-0.39, 0.29) is 0 Å². The maximum atomic E-state index is 9.17. The first-order valence-corrected chi connectivity index (χ1v) is 10.3. The topological polar surface area (TPSA) is 47.2 Å². The van der Waals surface area contributed by atoms with Gasteiger partial charge in [0.1, 0.15) is 11.8 Å². The second-order valence-corrected chi connectivity index (χ2v) is 8.05.